The summed E-state index contributed by atoms with van der Waals surface area (Å²) in [4.78, 5) is 7.07. The lowest BCUT2D eigenvalue weighted by molar-refractivity contribution is 0.104. The second-order valence-corrected chi connectivity index (χ2v) is 7.99. The van der Waals surface area contributed by atoms with Crippen molar-refractivity contribution in [3.8, 4) is 0 Å². The van der Waals surface area contributed by atoms with Gasteiger partial charge in [0.2, 0.25) is 0 Å². The van der Waals surface area contributed by atoms with Crippen LogP contribution in [0.2, 0.25) is 5.02 Å². The molecule has 27 heavy (non-hydrogen) atoms. The van der Waals surface area contributed by atoms with Gasteiger partial charge in [0, 0.05) is 42.9 Å². The third-order valence-electron chi connectivity index (χ3n) is 6.12. The van der Waals surface area contributed by atoms with Crippen LogP contribution in [0.4, 0.5) is 0 Å². The number of aromatic nitrogens is 1. The summed E-state index contributed by atoms with van der Waals surface area (Å²) >= 11 is 6.22. The molecule has 2 heterocycles. The molecule has 1 aliphatic heterocycles. The molecule has 2 aromatic rings. The zero-order valence-electron chi connectivity index (χ0n) is 15.6. The maximum Gasteiger partial charge on any atom is 0.191 e. The summed E-state index contributed by atoms with van der Waals surface area (Å²) in [5.41, 5.74) is 8.76. The van der Waals surface area contributed by atoms with Crippen molar-refractivity contribution in [2.75, 3.05) is 13.1 Å². The number of oxazole rings is 1. The van der Waals surface area contributed by atoms with Gasteiger partial charge in [0.25, 0.3) is 0 Å². The van der Waals surface area contributed by atoms with Crippen molar-refractivity contribution in [2.45, 2.75) is 57.0 Å². The average Bonchev–Trinajstić information content (AvgIpc) is 3.01. The molecular formula is C20H28Cl3N3O. The molecule has 0 spiro atoms. The van der Waals surface area contributed by atoms with E-state index in [9.17, 15) is 0 Å². The molecule has 1 fully saturated rings. The molecule has 0 amide bonds. The molecule has 0 unspecified atom stereocenters. The fraction of sp³-hybridized carbons (Fsp3) is 0.550. The average molecular weight is 433 g/mol. The predicted molar refractivity (Wildman–Crippen MR) is 114 cm³/mol. The number of hydrogen-bond donors (Lipinski definition) is 1. The normalized spacial score (nSPS) is 25.2. The smallest absolute Gasteiger partial charge is 0.191 e. The number of nitrogens with two attached hydrogens (primary N) is 1. The Morgan fingerprint density at radius 2 is 2.04 bits per heavy atom. The van der Waals surface area contributed by atoms with E-state index in [1.807, 2.05) is 19.1 Å². The van der Waals surface area contributed by atoms with Gasteiger partial charge < -0.3 is 10.2 Å². The second-order valence-electron chi connectivity index (χ2n) is 7.55. The largest absolute Gasteiger partial charge is 0.444 e. The Morgan fingerprint density at radius 1 is 1.30 bits per heavy atom. The molecule has 0 atom stereocenters. The quantitative estimate of drug-likeness (QED) is 0.765. The summed E-state index contributed by atoms with van der Waals surface area (Å²) in [5, 5.41) is 0.802. The maximum atomic E-state index is 6.23. The van der Waals surface area contributed by atoms with Gasteiger partial charge in [0.1, 0.15) is 5.76 Å². The summed E-state index contributed by atoms with van der Waals surface area (Å²) in [6, 6.07) is 8.87. The van der Waals surface area contributed by atoms with Crippen molar-refractivity contribution >= 4 is 36.4 Å². The molecule has 0 saturated heterocycles. The zero-order valence-corrected chi connectivity index (χ0v) is 18.0. The Labute approximate surface area is 178 Å². The SMILES string of the molecule is Cc1nc2c(o1)CN([C@H]1CC[C@@](CN)(c3cccc(Cl)c3)CC1)CC2.Cl.Cl. The number of hydrogen-bond acceptors (Lipinski definition) is 4. The van der Waals surface area contributed by atoms with Gasteiger partial charge in [0.05, 0.1) is 12.2 Å². The van der Waals surface area contributed by atoms with Crippen molar-refractivity contribution in [1.29, 1.82) is 0 Å². The van der Waals surface area contributed by atoms with Crippen LogP contribution in [0.5, 0.6) is 0 Å². The van der Waals surface area contributed by atoms with Gasteiger partial charge in [-0.25, -0.2) is 4.98 Å². The standard InChI is InChI=1S/C20H26ClN3O.2ClH/c1-14-23-18-7-10-24(12-19(18)25-14)17-5-8-20(13-22,9-6-17)15-3-2-4-16(21)11-15;;/h2-4,11,17H,5-10,12-13,22H2,1H3;2*1H/t17-,20+;;. The van der Waals surface area contributed by atoms with Crippen LogP contribution in [0, 0.1) is 6.92 Å². The number of aryl methyl sites for hydroxylation is 1. The first kappa shape index (κ1) is 22.5. The van der Waals surface area contributed by atoms with E-state index in [1.54, 1.807) is 0 Å². The predicted octanol–water partition coefficient (Wildman–Crippen LogP) is 4.68. The lowest BCUT2D eigenvalue weighted by Gasteiger charge is -2.44. The van der Waals surface area contributed by atoms with Gasteiger partial charge in [-0.1, -0.05) is 23.7 Å². The minimum atomic E-state index is 0. The number of halogens is 3. The summed E-state index contributed by atoms with van der Waals surface area (Å²) in [5.74, 6) is 1.85. The van der Waals surface area contributed by atoms with Crippen molar-refractivity contribution in [1.82, 2.24) is 9.88 Å². The summed E-state index contributed by atoms with van der Waals surface area (Å²) < 4.78 is 5.78. The minimum Gasteiger partial charge on any atom is -0.444 e. The van der Waals surface area contributed by atoms with E-state index in [2.05, 4.69) is 22.0 Å². The Balaban J connectivity index is 0.00000131. The van der Waals surface area contributed by atoms with Crippen molar-refractivity contribution in [3.05, 3.63) is 52.2 Å². The molecular weight excluding hydrogens is 405 g/mol. The van der Waals surface area contributed by atoms with Crippen LogP contribution in [-0.4, -0.2) is 29.0 Å². The first-order chi connectivity index (χ1) is 12.1. The third kappa shape index (κ3) is 4.46. The minimum absolute atomic E-state index is 0. The molecule has 2 N–H and O–H groups in total. The van der Waals surface area contributed by atoms with Gasteiger partial charge in [-0.3, -0.25) is 4.90 Å². The van der Waals surface area contributed by atoms with Crippen molar-refractivity contribution in [2.24, 2.45) is 5.73 Å². The van der Waals surface area contributed by atoms with Crippen molar-refractivity contribution in [3.63, 3.8) is 0 Å². The highest BCUT2D eigenvalue weighted by Crippen LogP contribution is 2.41. The van der Waals surface area contributed by atoms with E-state index < -0.39 is 0 Å². The van der Waals surface area contributed by atoms with Gasteiger partial charge in [-0.2, -0.15) is 0 Å². The highest BCUT2D eigenvalue weighted by atomic mass is 35.5. The fourth-order valence-corrected chi connectivity index (χ4v) is 4.80. The van der Waals surface area contributed by atoms with Crippen LogP contribution < -0.4 is 5.73 Å². The van der Waals surface area contributed by atoms with Crippen LogP contribution in [0.15, 0.2) is 28.7 Å². The highest BCUT2D eigenvalue weighted by molar-refractivity contribution is 6.30. The molecule has 0 radical (unpaired) electrons. The van der Waals surface area contributed by atoms with E-state index in [1.165, 1.54) is 18.4 Å². The Morgan fingerprint density at radius 3 is 2.70 bits per heavy atom. The van der Waals surface area contributed by atoms with Crippen LogP contribution in [0.3, 0.4) is 0 Å². The van der Waals surface area contributed by atoms with Crippen LogP contribution in [-0.2, 0) is 18.4 Å². The fourth-order valence-electron chi connectivity index (χ4n) is 4.61. The van der Waals surface area contributed by atoms with Gasteiger partial charge in [-0.15, -0.1) is 24.8 Å². The number of nitrogens with zero attached hydrogens (tertiary/aromatic N) is 2. The topological polar surface area (TPSA) is 55.3 Å². The molecule has 0 bridgehead atoms. The Bertz CT molecular complexity index is 757. The third-order valence-corrected chi connectivity index (χ3v) is 6.36. The highest BCUT2D eigenvalue weighted by Gasteiger charge is 2.38. The molecule has 4 nitrogen and oxygen atoms in total. The van der Waals surface area contributed by atoms with E-state index >= 15 is 0 Å². The van der Waals surface area contributed by atoms with Gasteiger partial charge in [0.15, 0.2) is 5.89 Å². The summed E-state index contributed by atoms with van der Waals surface area (Å²) in [6.07, 6.45) is 5.58. The van der Waals surface area contributed by atoms with E-state index in [-0.39, 0.29) is 30.2 Å². The first-order valence-electron chi connectivity index (χ1n) is 9.25. The van der Waals surface area contributed by atoms with Crippen LogP contribution in [0.25, 0.3) is 0 Å². The first-order valence-corrected chi connectivity index (χ1v) is 9.63. The van der Waals surface area contributed by atoms with E-state index in [0.717, 1.165) is 54.7 Å². The molecule has 4 rings (SSSR count). The molecule has 1 aromatic carbocycles. The molecule has 1 aliphatic carbocycles. The van der Waals surface area contributed by atoms with Gasteiger partial charge >= 0.3 is 0 Å². The lowest BCUT2D eigenvalue weighted by Crippen LogP contribution is -2.46. The zero-order chi connectivity index (χ0) is 17.4. The Hall–Kier alpha value is -0.780. The van der Waals surface area contributed by atoms with Crippen LogP contribution in [0.1, 0.15) is 48.6 Å². The lowest BCUT2D eigenvalue weighted by atomic mass is 9.68. The number of rotatable bonds is 3. The summed E-state index contributed by atoms with van der Waals surface area (Å²) in [7, 11) is 0. The monoisotopic (exact) mass is 431 g/mol. The number of fused-ring (bicyclic) bond motifs is 1. The van der Waals surface area contributed by atoms with Crippen molar-refractivity contribution < 1.29 is 4.42 Å². The molecule has 1 saturated carbocycles. The van der Waals surface area contributed by atoms with E-state index in [0.29, 0.717) is 12.6 Å². The van der Waals surface area contributed by atoms with Gasteiger partial charge in [-0.05, 0) is 43.4 Å². The molecule has 1 aromatic heterocycles. The number of benzene rings is 1. The summed E-state index contributed by atoms with van der Waals surface area (Å²) in [6.45, 7) is 4.60. The van der Waals surface area contributed by atoms with Crippen LogP contribution >= 0.6 is 36.4 Å². The molecule has 150 valence electrons. The Kier molecular flexibility index (Phi) is 7.62. The second kappa shape index (κ2) is 9.15. The molecule has 2 aliphatic rings. The molecule has 7 heteroatoms. The maximum absolute atomic E-state index is 6.23. The van der Waals surface area contributed by atoms with E-state index in [4.69, 9.17) is 21.8 Å².